The zero-order chi connectivity index (χ0) is 14.0. The van der Waals surface area contributed by atoms with Gasteiger partial charge in [-0.05, 0) is 26.3 Å². The van der Waals surface area contributed by atoms with Gasteiger partial charge in [0.05, 0.1) is 5.69 Å². The van der Waals surface area contributed by atoms with Crippen molar-refractivity contribution in [2.24, 2.45) is 0 Å². The van der Waals surface area contributed by atoms with Crippen LogP contribution in [0.25, 0.3) is 10.1 Å². The van der Waals surface area contributed by atoms with Crippen LogP contribution in [-0.4, -0.2) is 12.5 Å². The molecule has 1 heterocycles. The second kappa shape index (κ2) is 5.45. The molecule has 0 unspecified atom stereocenters. The molecule has 3 N–H and O–H groups in total. The van der Waals surface area contributed by atoms with Crippen molar-refractivity contribution in [3.63, 3.8) is 0 Å². The van der Waals surface area contributed by atoms with Crippen molar-refractivity contribution in [1.29, 1.82) is 0 Å². The van der Waals surface area contributed by atoms with Crippen LogP contribution >= 0.6 is 11.3 Å². The van der Waals surface area contributed by atoms with E-state index in [1.807, 2.05) is 45.0 Å². The van der Waals surface area contributed by atoms with Crippen LogP contribution in [0.4, 0.5) is 5.69 Å². The molecular formula is C15H18N2OS. The SMILES string of the molecule is CC(C)=CCNC(=O)c1sc2c(C)cccc2c1N. The van der Waals surface area contributed by atoms with Crippen molar-refractivity contribution in [3.8, 4) is 0 Å². The summed E-state index contributed by atoms with van der Waals surface area (Å²) in [6, 6.07) is 5.95. The molecule has 0 aliphatic carbocycles. The number of nitrogen functional groups attached to an aromatic ring is 1. The predicted molar refractivity (Wildman–Crippen MR) is 82.7 cm³/mol. The van der Waals surface area contributed by atoms with E-state index in [0.717, 1.165) is 15.6 Å². The molecule has 0 aliphatic rings. The zero-order valence-corrected chi connectivity index (χ0v) is 12.2. The number of benzene rings is 1. The molecule has 0 saturated carbocycles. The molecule has 0 aliphatic heterocycles. The number of anilines is 1. The maximum absolute atomic E-state index is 12.1. The molecule has 0 spiro atoms. The van der Waals surface area contributed by atoms with Crippen LogP contribution in [0.2, 0.25) is 0 Å². The fourth-order valence-corrected chi connectivity index (χ4v) is 2.98. The normalized spacial score (nSPS) is 10.5. The van der Waals surface area contributed by atoms with Crippen LogP contribution in [0.3, 0.4) is 0 Å². The fraction of sp³-hybridized carbons (Fsp3) is 0.267. The van der Waals surface area contributed by atoms with E-state index < -0.39 is 0 Å². The van der Waals surface area contributed by atoms with E-state index >= 15 is 0 Å². The van der Waals surface area contributed by atoms with Crippen LogP contribution in [0, 0.1) is 6.92 Å². The summed E-state index contributed by atoms with van der Waals surface area (Å²) in [4.78, 5) is 12.7. The summed E-state index contributed by atoms with van der Waals surface area (Å²) in [5, 5.41) is 3.84. The Hall–Kier alpha value is -1.81. The van der Waals surface area contributed by atoms with Crippen molar-refractivity contribution < 1.29 is 4.79 Å². The number of aryl methyl sites for hydroxylation is 1. The zero-order valence-electron chi connectivity index (χ0n) is 11.4. The highest BCUT2D eigenvalue weighted by Gasteiger charge is 2.16. The number of carbonyl (C=O) groups excluding carboxylic acids is 1. The second-order valence-corrected chi connectivity index (χ2v) is 5.81. The smallest absolute Gasteiger partial charge is 0.263 e. The van der Waals surface area contributed by atoms with Gasteiger partial charge in [-0.2, -0.15) is 0 Å². The molecule has 0 saturated heterocycles. The van der Waals surface area contributed by atoms with Gasteiger partial charge in [0.15, 0.2) is 0 Å². The third kappa shape index (κ3) is 2.79. The highest BCUT2D eigenvalue weighted by Crippen LogP contribution is 2.35. The number of nitrogens with two attached hydrogens (primary N) is 1. The number of hydrogen-bond donors (Lipinski definition) is 2. The standard InChI is InChI=1S/C15H18N2OS/c1-9(2)7-8-17-15(18)14-12(16)11-6-4-5-10(3)13(11)19-14/h4-7H,8,16H2,1-3H3,(H,17,18). The topological polar surface area (TPSA) is 55.1 Å². The monoisotopic (exact) mass is 274 g/mol. The Morgan fingerprint density at radius 1 is 1.42 bits per heavy atom. The molecule has 3 nitrogen and oxygen atoms in total. The van der Waals surface area contributed by atoms with E-state index in [9.17, 15) is 4.79 Å². The van der Waals surface area contributed by atoms with E-state index in [-0.39, 0.29) is 5.91 Å². The first kappa shape index (κ1) is 13.6. The van der Waals surface area contributed by atoms with Crippen molar-refractivity contribution in [3.05, 3.63) is 40.3 Å². The number of hydrogen-bond acceptors (Lipinski definition) is 3. The Morgan fingerprint density at radius 3 is 2.79 bits per heavy atom. The van der Waals surface area contributed by atoms with Gasteiger partial charge < -0.3 is 11.1 Å². The van der Waals surface area contributed by atoms with Gasteiger partial charge in [-0.1, -0.05) is 29.8 Å². The minimum absolute atomic E-state index is 0.101. The molecule has 1 aromatic carbocycles. The van der Waals surface area contributed by atoms with E-state index in [4.69, 9.17) is 5.73 Å². The highest BCUT2D eigenvalue weighted by molar-refractivity contribution is 7.21. The number of fused-ring (bicyclic) bond motifs is 1. The van der Waals surface area contributed by atoms with Gasteiger partial charge in [-0.15, -0.1) is 11.3 Å². The van der Waals surface area contributed by atoms with E-state index in [2.05, 4.69) is 5.32 Å². The lowest BCUT2D eigenvalue weighted by atomic mass is 10.1. The summed E-state index contributed by atoms with van der Waals surface area (Å²) in [6.07, 6.45) is 1.98. The summed E-state index contributed by atoms with van der Waals surface area (Å²) in [6.45, 7) is 6.57. The Morgan fingerprint density at radius 2 is 2.16 bits per heavy atom. The average Bonchev–Trinajstić information content (AvgIpc) is 2.68. The van der Waals surface area contributed by atoms with Crippen molar-refractivity contribution in [1.82, 2.24) is 5.32 Å². The van der Waals surface area contributed by atoms with E-state index in [0.29, 0.717) is 17.1 Å². The lowest BCUT2D eigenvalue weighted by Crippen LogP contribution is -2.23. The van der Waals surface area contributed by atoms with E-state index in [1.165, 1.54) is 16.9 Å². The Bertz CT molecular complexity index is 651. The van der Waals surface area contributed by atoms with Crippen molar-refractivity contribution >= 4 is 33.0 Å². The Kier molecular flexibility index (Phi) is 3.90. The number of carbonyl (C=O) groups is 1. The molecular weight excluding hydrogens is 256 g/mol. The number of nitrogens with one attached hydrogen (secondary N) is 1. The van der Waals surface area contributed by atoms with Crippen LogP contribution in [-0.2, 0) is 0 Å². The van der Waals surface area contributed by atoms with Gasteiger partial charge in [0.2, 0.25) is 0 Å². The molecule has 100 valence electrons. The third-order valence-electron chi connectivity index (χ3n) is 2.93. The van der Waals surface area contributed by atoms with Crippen molar-refractivity contribution in [2.75, 3.05) is 12.3 Å². The summed E-state index contributed by atoms with van der Waals surface area (Å²) in [5.74, 6) is -0.101. The molecule has 0 fully saturated rings. The first-order valence-corrected chi connectivity index (χ1v) is 7.01. The largest absolute Gasteiger partial charge is 0.397 e. The lowest BCUT2D eigenvalue weighted by Gasteiger charge is -2.01. The molecule has 1 aromatic heterocycles. The van der Waals surface area contributed by atoms with Gasteiger partial charge in [0.25, 0.3) is 5.91 Å². The molecule has 4 heteroatoms. The predicted octanol–water partition coefficient (Wildman–Crippen LogP) is 3.49. The van der Waals surface area contributed by atoms with Crippen LogP contribution < -0.4 is 11.1 Å². The van der Waals surface area contributed by atoms with Gasteiger partial charge in [0.1, 0.15) is 4.88 Å². The minimum atomic E-state index is -0.101. The molecule has 19 heavy (non-hydrogen) atoms. The van der Waals surface area contributed by atoms with Crippen LogP contribution in [0.1, 0.15) is 29.1 Å². The third-order valence-corrected chi connectivity index (χ3v) is 4.29. The summed E-state index contributed by atoms with van der Waals surface area (Å²) in [5.41, 5.74) is 8.99. The quantitative estimate of drug-likeness (QED) is 0.842. The van der Waals surface area contributed by atoms with Gasteiger partial charge in [-0.25, -0.2) is 0 Å². The summed E-state index contributed by atoms with van der Waals surface area (Å²) in [7, 11) is 0. The summed E-state index contributed by atoms with van der Waals surface area (Å²) >= 11 is 1.46. The number of thiophene rings is 1. The Balaban J connectivity index is 2.30. The van der Waals surface area contributed by atoms with Crippen molar-refractivity contribution in [2.45, 2.75) is 20.8 Å². The van der Waals surface area contributed by atoms with E-state index in [1.54, 1.807) is 0 Å². The molecule has 2 rings (SSSR count). The number of amides is 1. The first-order chi connectivity index (χ1) is 9.00. The van der Waals surface area contributed by atoms with Gasteiger partial charge in [0, 0.05) is 16.6 Å². The number of rotatable bonds is 3. The highest BCUT2D eigenvalue weighted by atomic mass is 32.1. The summed E-state index contributed by atoms with van der Waals surface area (Å²) < 4.78 is 1.09. The molecule has 1 amide bonds. The molecule has 0 atom stereocenters. The Labute approximate surface area is 117 Å². The molecule has 0 bridgehead atoms. The van der Waals surface area contributed by atoms with Crippen LogP contribution in [0.15, 0.2) is 29.8 Å². The number of allylic oxidation sites excluding steroid dienone is 1. The maximum Gasteiger partial charge on any atom is 0.263 e. The maximum atomic E-state index is 12.1. The fourth-order valence-electron chi connectivity index (χ4n) is 1.88. The van der Waals surface area contributed by atoms with Gasteiger partial charge >= 0.3 is 0 Å². The first-order valence-electron chi connectivity index (χ1n) is 6.20. The molecule has 2 aromatic rings. The lowest BCUT2D eigenvalue weighted by molar-refractivity contribution is 0.0963. The molecule has 0 radical (unpaired) electrons. The second-order valence-electron chi connectivity index (χ2n) is 4.79. The minimum Gasteiger partial charge on any atom is -0.397 e. The van der Waals surface area contributed by atoms with Gasteiger partial charge in [-0.3, -0.25) is 4.79 Å². The average molecular weight is 274 g/mol. The van der Waals surface area contributed by atoms with Crippen LogP contribution in [0.5, 0.6) is 0 Å².